The molecule has 0 heterocycles. The fraction of sp³-hybridized carbons (Fsp3) is 0.0263. The van der Waals surface area contributed by atoms with Gasteiger partial charge in [-0.1, -0.05) is 217 Å². The summed E-state index contributed by atoms with van der Waals surface area (Å²) in [6, 6.07) is 104. The SMILES string of the molecule is Cc1ccc(-c2c3ccc4cc(N(c5ccc6ccccc6c5)c5ccc6ccccc6c5)ccc4c3c(-c3ccc(C)cc3)c3ccc4cc(N(c5ccc6ccccc6c5)c5ccc6ccccc6c5)ccc4c23)cc1. The molecule has 0 radical (unpaired) electrons. The van der Waals surface area contributed by atoms with Crippen LogP contribution in [0, 0.1) is 13.8 Å². The van der Waals surface area contributed by atoms with Crippen LogP contribution in [-0.2, 0) is 0 Å². The standard InChI is InChI=1S/C76H52N2/c1-49-19-23-55(24-20-49)73-71-39-31-62-48-68(78(65-35-29-53-13-5-9-17-59(53)45-65)66-36-30-54-14-6-10-18-60(54)46-66)38-42-70(62)76(71)74(56-25-21-50(2)22-26-56)72-40-32-61-47-67(37-41-69(61)75(72)73)77(63-33-27-51-11-3-7-15-57(51)43-63)64-34-28-52-12-4-8-16-58(52)44-64/h3-48H,1-2H3. The Morgan fingerprint density at radius 2 is 0.449 bits per heavy atom. The van der Waals surface area contributed by atoms with Crippen molar-refractivity contribution >= 4 is 120 Å². The number of hydrogen-bond acceptors (Lipinski definition) is 2. The Morgan fingerprint density at radius 1 is 0.205 bits per heavy atom. The molecule has 0 spiro atoms. The van der Waals surface area contributed by atoms with E-state index in [4.69, 9.17) is 0 Å². The Labute approximate surface area is 453 Å². The van der Waals surface area contributed by atoms with E-state index in [2.05, 4.69) is 303 Å². The molecule has 0 aliphatic heterocycles. The molecule has 15 rings (SSSR count). The number of nitrogens with zero attached hydrogens (tertiary/aromatic N) is 2. The second-order valence-corrected chi connectivity index (χ2v) is 21.1. The molecule has 0 aromatic heterocycles. The zero-order chi connectivity index (χ0) is 51.8. The lowest BCUT2D eigenvalue weighted by Gasteiger charge is -2.27. The van der Waals surface area contributed by atoms with E-state index in [1.165, 1.54) is 120 Å². The maximum absolute atomic E-state index is 2.42. The fourth-order valence-electron chi connectivity index (χ4n) is 12.3. The molecular formula is C76H52N2. The zero-order valence-electron chi connectivity index (χ0n) is 43.5. The zero-order valence-corrected chi connectivity index (χ0v) is 43.5. The van der Waals surface area contributed by atoms with Gasteiger partial charge in [0.25, 0.3) is 0 Å². The van der Waals surface area contributed by atoms with Gasteiger partial charge in [0.15, 0.2) is 0 Å². The van der Waals surface area contributed by atoms with E-state index in [9.17, 15) is 0 Å². The maximum atomic E-state index is 2.42. The Kier molecular flexibility index (Phi) is 10.7. The van der Waals surface area contributed by atoms with Crippen LogP contribution < -0.4 is 9.80 Å². The first-order valence-electron chi connectivity index (χ1n) is 27.0. The van der Waals surface area contributed by atoms with E-state index in [1.807, 2.05) is 0 Å². The van der Waals surface area contributed by atoms with E-state index in [0.717, 1.165) is 34.1 Å². The van der Waals surface area contributed by atoms with Crippen LogP contribution in [0.5, 0.6) is 0 Å². The van der Waals surface area contributed by atoms with Crippen molar-refractivity contribution in [1.29, 1.82) is 0 Å². The molecule has 0 unspecified atom stereocenters. The minimum atomic E-state index is 1.10. The van der Waals surface area contributed by atoms with Gasteiger partial charge in [0.1, 0.15) is 0 Å². The minimum absolute atomic E-state index is 1.10. The summed E-state index contributed by atoms with van der Waals surface area (Å²) in [7, 11) is 0. The molecule has 0 aliphatic rings. The largest absolute Gasteiger partial charge is 0.310 e. The average molecular weight is 993 g/mol. The number of benzene rings is 15. The second kappa shape index (κ2) is 18.4. The molecule has 0 saturated carbocycles. The highest BCUT2D eigenvalue weighted by Crippen LogP contribution is 2.50. The van der Waals surface area contributed by atoms with Crippen molar-refractivity contribution < 1.29 is 0 Å². The number of anilines is 6. The van der Waals surface area contributed by atoms with Crippen molar-refractivity contribution in [3.63, 3.8) is 0 Å². The van der Waals surface area contributed by atoms with E-state index in [-0.39, 0.29) is 0 Å². The predicted molar refractivity (Wildman–Crippen MR) is 336 cm³/mol. The Morgan fingerprint density at radius 3 is 0.756 bits per heavy atom. The van der Waals surface area contributed by atoms with Gasteiger partial charge in [-0.25, -0.2) is 0 Å². The van der Waals surface area contributed by atoms with E-state index in [1.54, 1.807) is 0 Å². The van der Waals surface area contributed by atoms with Crippen LogP contribution in [-0.4, -0.2) is 0 Å². The molecule has 78 heavy (non-hydrogen) atoms. The summed E-state index contributed by atoms with van der Waals surface area (Å²) in [5.41, 5.74) is 14.0. The van der Waals surface area contributed by atoms with Crippen LogP contribution >= 0.6 is 0 Å². The molecule has 366 valence electrons. The molecule has 0 bridgehead atoms. The van der Waals surface area contributed by atoms with Gasteiger partial charge in [-0.05, 0) is 195 Å². The Bertz CT molecular complexity index is 4410. The molecule has 0 amide bonds. The highest BCUT2D eigenvalue weighted by Gasteiger charge is 2.23. The lowest BCUT2D eigenvalue weighted by molar-refractivity contribution is 1.30. The van der Waals surface area contributed by atoms with Crippen LogP contribution in [0.15, 0.2) is 279 Å². The number of aryl methyl sites for hydroxylation is 2. The normalized spacial score (nSPS) is 11.7. The molecule has 15 aromatic rings. The monoisotopic (exact) mass is 992 g/mol. The molecule has 15 aromatic carbocycles. The van der Waals surface area contributed by atoms with Gasteiger partial charge >= 0.3 is 0 Å². The van der Waals surface area contributed by atoms with E-state index in [0.29, 0.717) is 0 Å². The lowest BCUT2D eigenvalue weighted by Crippen LogP contribution is -2.10. The van der Waals surface area contributed by atoms with Crippen molar-refractivity contribution in [3.8, 4) is 22.3 Å². The highest BCUT2D eigenvalue weighted by molar-refractivity contribution is 6.32. The summed E-state index contributed by atoms with van der Waals surface area (Å²) in [6.07, 6.45) is 0. The van der Waals surface area contributed by atoms with Gasteiger partial charge in [-0.2, -0.15) is 0 Å². The third-order valence-electron chi connectivity index (χ3n) is 16.2. The van der Waals surface area contributed by atoms with Crippen LogP contribution in [0.4, 0.5) is 34.1 Å². The van der Waals surface area contributed by atoms with Gasteiger partial charge in [-0.15, -0.1) is 0 Å². The molecule has 0 fully saturated rings. The quantitative estimate of drug-likeness (QED) is 0.111. The van der Waals surface area contributed by atoms with Gasteiger partial charge in [0.2, 0.25) is 0 Å². The van der Waals surface area contributed by atoms with Crippen molar-refractivity contribution in [1.82, 2.24) is 0 Å². The lowest BCUT2D eigenvalue weighted by atomic mass is 9.82. The first kappa shape index (κ1) is 45.4. The average Bonchev–Trinajstić information content (AvgIpc) is 3.66. The Hall–Kier alpha value is -10.0. The molecule has 0 atom stereocenters. The van der Waals surface area contributed by atoms with Crippen LogP contribution in [0.25, 0.3) is 108 Å². The maximum Gasteiger partial charge on any atom is 0.0468 e. The molecule has 0 N–H and O–H groups in total. The number of fused-ring (bicyclic) bond motifs is 10. The van der Waals surface area contributed by atoms with Gasteiger partial charge < -0.3 is 9.80 Å². The molecule has 2 heteroatoms. The van der Waals surface area contributed by atoms with Crippen LogP contribution in [0.1, 0.15) is 11.1 Å². The fourth-order valence-corrected chi connectivity index (χ4v) is 12.3. The minimum Gasteiger partial charge on any atom is -0.310 e. The highest BCUT2D eigenvalue weighted by atomic mass is 15.1. The Balaban J connectivity index is 0.980. The van der Waals surface area contributed by atoms with E-state index < -0.39 is 0 Å². The molecular weight excluding hydrogens is 941 g/mol. The van der Waals surface area contributed by atoms with Crippen LogP contribution in [0.3, 0.4) is 0 Å². The van der Waals surface area contributed by atoms with Gasteiger partial charge in [-0.3, -0.25) is 0 Å². The third-order valence-corrected chi connectivity index (χ3v) is 16.2. The smallest absolute Gasteiger partial charge is 0.0468 e. The molecule has 0 aliphatic carbocycles. The number of hydrogen-bond donors (Lipinski definition) is 0. The summed E-state index contributed by atoms with van der Waals surface area (Å²) in [4.78, 5) is 4.84. The first-order chi connectivity index (χ1) is 38.5. The van der Waals surface area contributed by atoms with Crippen molar-refractivity contribution in [2.24, 2.45) is 0 Å². The van der Waals surface area contributed by atoms with Gasteiger partial charge in [0.05, 0.1) is 0 Å². The predicted octanol–water partition coefficient (Wildman–Crippen LogP) is 21.8. The van der Waals surface area contributed by atoms with Crippen molar-refractivity contribution in [3.05, 3.63) is 290 Å². The van der Waals surface area contributed by atoms with E-state index >= 15 is 0 Å². The summed E-state index contributed by atoms with van der Waals surface area (Å²) >= 11 is 0. The summed E-state index contributed by atoms with van der Waals surface area (Å²) in [5.74, 6) is 0. The summed E-state index contributed by atoms with van der Waals surface area (Å²) in [6.45, 7) is 4.36. The second-order valence-electron chi connectivity index (χ2n) is 21.1. The summed E-state index contributed by atoms with van der Waals surface area (Å²) < 4.78 is 0. The van der Waals surface area contributed by atoms with Gasteiger partial charge in [0, 0.05) is 34.1 Å². The summed E-state index contributed by atoms with van der Waals surface area (Å²) in [5, 5.41) is 19.5. The first-order valence-corrected chi connectivity index (χ1v) is 27.0. The van der Waals surface area contributed by atoms with Crippen LogP contribution in [0.2, 0.25) is 0 Å². The van der Waals surface area contributed by atoms with Crippen molar-refractivity contribution in [2.45, 2.75) is 13.8 Å². The molecule has 0 saturated heterocycles. The molecule has 2 nitrogen and oxygen atoms in total. The number of rotatable bonds is 8. The third kappa shape index (κ3) is 7.72. The topological polar surface area (TPSA) is 6.48 Å². The van der Waals surface area contributed by atoms with Crippen molar-refractivity contribution in [2.75, 3.05) is 9.80 Å².